The highest BCUT2D eigenvalue weighted by Gasteiger charge is 2.50. The summed E-state index contributed by atoms with van der Waals surface area (Å²) in [6.07, 6.45) is 37.0. The maximum absolute atomic E-state index is 13.0. The van der Waals surface area contributed by atoms with Crippen LogP contribution in [-0.4, -0.2) is 84.9 Å². The van der Waals surface area contributed by atoms with E-state index in [0.29, 0.717) is 25.9 Å². The molecule has 14 heteroatoms. The van der Waals surface area contributed by atoms with Gasteiger partial charge in [0.15, 0.2) is 12.4 Å². The molecule has 0 aromatic heterocycles. The van der Waals surface area contributed by atoms with Crippen LogP contribution >= 0.6 is 0 Å². The molecule has 1 saturated heterocycles. The molecule has 0 aromatic carbocycles. The van der Waals surface area contributed by atoms with Gasteiger partial charge in [-0.1, -0.05) is 226 Å². The highest BCUT2D eigenvalue weighted by atomic mass is 32.3. The summed E-state index contributed by atoms with van der Waals surface area (Å²) in [4.78, 5) is 38.0. The lowest BCUT2D eigenvalue weighted by Crippen LogP contribution is -2.66. The Morgan fingerprint density at radius 3 is 1.23 bits per heavy atom. The molecule has 1 heterocycles. The quantitative estimate of drug-likeness (QED) is 0.0256. The first kappa shape index (κ1) is 62.2. The van der Waals surface area contributed by atoms with Gasteiger partial charge in [0.1, 0.15) is 18.2 Å². The van der Waals surface area contributed by atoms with Crippen molar-refractivity contribution in [2.75, 3.05) is 13.2 Å². The summed E-state index contributed by atoms with van der Waals surface area (Å²) in [5, 5.41) is 23.3. The Bertz CT molecular complexity index is 1270. The van der Waals surface area contributed by atoms with Crippen LogP contribution in [0.25, 0.3) is 0 Å². The Hall–Kier alpha value is -1.84. The molecule has 4 N–H and O–H groups in total. The standard InChI is InChI=1S/C52H99NO12S/c1-3-5-7-9-11-13-15-17-21-25-29-33-37-41-47(56)62-43-39-35-31-27-23-19-20-24-28-32-36-40-46(55)53-49-51(50(65-66(59,60)61)45(44-54)63-52(49)58)64-48(57)42-38-34-30-26-22-18-16-14-12-10-8-6-4-2/h45,49-52,54,58H,3-44H2,1-2H3,(H,53,55)(H,59,60,61)/t45-,49-,50-,51-,52?/m1/s1. The molecule has 0 bridgehead atoms. The highest BCUT2D eigenvalue weighted by Crippen LogP contribution is 2.27. The predicted octanol–water partition coefficient (Wildman–Crippen LogP) is 12.5. The van der Waals surface area contributed by atoms with Gasteiger partial charge in [0.2, 0.25) is 5.91 Å². The third-order valence-electron chi connectivity index (χ3n) is 13.0. The summed E-state index contributed by atoms with van der Waals surface area (Å²) >= 11 is 0. The first-order valence-corrected chi connectivity index (χ1v) is 28.6. The Balaban J connectivity index is 2.20. The van der Waals surface area contributed by atoms with Gasteiger partial charge in [-0.25, -0.2) is 4.18 Å². The minimum Gasteiger partial charge on any atom is -0.466 e. The first-order chi connectivity index (χ1) is 32.0. The molecule has 1 unspecified atom stereocenters. The Kier molecular flexibility index (Phi) is 40.7. The van der Waals surface area contributed by atoms with Crippen LogP contribution < -0.4 is 5.32 Å². The fourth-order valence-corrected chi connectivity index (χ4v) is 9.41. The lowest BCUT2D eigenvalue weighted by Gasteiger charge is -2.43. The first-order valence-electron chi connectivity index (χ1n) is 27.3. The van der Waals surface area contributed by atoms with Gasteiger partial charge in [-0.15, -0.1) is 0 Å². The Labute approximate surface area is 402 Å². The van der Waals surface area contributed by atoms with Crippen LogP contribution in [0.3, 0.4) is 0 Å². The van der Waals surface area contributed by atoms with Crippen molar-refractivity contribution in [2.45, 2.75) is 301 Å². The van der Waals surface area contributed by atoms with Crippen LogP contribution in [0.4, 0.5) is 0 Å². The van der Waals surface area contributed by atoms with Gasteiger partial charge >= 0.3 is 22.3 Å². The minimum atomic E-state index is -5.08. The van der Waals surface area contributed by atoms with E-state index in [2.05, 4.69) is 19.2 Å². The van der Waals surface area contributed by atoms with Crippen LogP contribution in [0, 0.1) is 0 Å². The number of carbonyl (C=O) groups is 3. The summed E-state index contributed by atoms with van der Waals surface area (Å²) < 4.78 is 54.2. The van der Waals surface area contributed by atoms with Gasteiger partial charge in [0, 0.05) is 19.3 Å². The van der Waals surface area contributed by atoms with E-state index in [1.54, 1.807) is 0 Å². The molecule has 5 atom stereocenters. The molecule has 66 heavy (non-hydrogen) atoms. The molecule has 0 aliphatic carbocycles. The van der Waals surface area contributed by atoms with Crippen LogP contribution in [0.5, 0.6) is 0 Å². The monoisotopic (exact) mass is 962 g/mol. The van der Waals surface area contributed by atoms with Gasteiger partial charge in [-0.2, -0.15) is 8.42 Å². The van der Waals surface area contributed by atoms with Crippen molar-refractivity contribution in [2.24, 2.45) is 0 Å². The molecular weight excluding hydrogens is 863 g/mol. The van der Waals surface area contributed by atoms with E-state index < -0.39 is 59.5 Å². The smallest absolute Gasteiger partial charge is 0.397 e. The van der Waals surface area contributed by atoms with Gasteiger partial charge in [-0.05, 0) is 25.7 Å². The summed E-state index contributed by atoms with van der Waals surface area (Å²) in [6, 6.07) is -1.39. The van der Waals surface area contributed by atoms with E-state index >= 15 is 0 Å². The number of esters is 2. The zero-order valence-electron chi connectivity index (χ0n) is 42.0. The van der Waals surface area contributed by atoms with Crippen molar-refractivity contribution in [1.82, 2.24) is 5.32 Å². The summed E-state index contributed by atoms with van der Waals surface area (Å²) in [6.45, 7) is 4.20. The molecule has 1 aliphatic rings. The van der Waals surface area contributed by atoms with Crippen molar-refractivity contribution >= 4 is 28.2 Å². The van der Waals surface area contributed by atoms with Crippen LogP contribution in [-0.2, 0) is 43.2 Å². The molecule has 1 rings (SSSR count). The second kappa shape index (κ2) is 43.2. The van der Waals surface area contributed by atoms with Gasteiger partial charge in [0.25, 0.3) is 0 Å². The summed E-state index contributed by atoms with van der Waals surface area (Å²) in [5.41, 5.74) is 0. The normalized spacial score (nSPS) is 18.7. The second-order valence-corrected chi connectivity index (χ2v) is 20.2. The Morgan fingerprint density at radius 2 is 0.848 bits per heavy atom. The molecule has 390 valence electrons. The number of carbonyl (C=O) groups excluding carboxylic acids is 3. The van der Waals surface area contributed by atoms with Crippen LogP contribution in [0.1, 0.15) is 271 Å². The number of aliphatic hydroxyl groups is 2. The molecule has 0 radical (unpaired) electrons. The van der Waals surface area contributed by atoms with Crippen LogP contribution in [0.2, 0.25) is 0 Å². The van der Waals surface area contributed by atoms with Crippen LogP contribution in [0.15, 0.2) is 0 Å². The van der Waals surface area contributed by atoms with Crippen molar-refractivity contribution in [3.63, 3.8) is 0 Å². The molecule has 0 spiro atoms. The fourth-order valence-electron chi connectivity index (χ4n) is 8.90. The number of amides is 1. The number of aliphatic hydroxyl groups excluding tert-OH is 2. The molecular formula is C52H99NO12S. The largest absolute Gasteiger partial charge is 0.466 e. The highest BCUT2D eigenvalue weighted by molar-refractivity contribution is 7.80. The van der Waals surface area contributed by atoms with Crippen molar-refractivity contribution in [1.29, 1.82) is 0 Å². The maximum Gasteiger partial charge on any atom is 0.397 e. The molecule has 0 aromatic rings. The SMILES string of the molecule is CCCCCCCCCCCCCCCC(=O)OCCCCCCCCCCCCCC(=O)N[C@H]1C(O)O[C@H](CO)[C@@H](OS(=O)(=O)O)[C@@H]1OC(=O)CCCCCCCCCCCCCCC. The van der Waals surface area contributed by atoms with Gasteiger partial charge in [0.05, 0.1) is 13.2 Å². The number of hydrogen-bond donors (Lipinski definition) is 4. The molecule has 1 fully saturated rings. The van der Waals surface area contributed by atoms with E-state index in [1.165, 1.54) is 122 Å². The third kappa shape index (κ3) is 36.2. The van der Waals surface area contributed by atoms with Crippen molar-refractivity contribution in [3.05, 3.63) is 0 Å². The third-order valence-corrected chi connectivity index (χ3v) is 13.4. The number of nitrogens with one attached hydrogen (secondary N) is 1. The molecule has 0 saturated carbocycles. The number of rotatable bonds is 47. The summed E-state index contributed by atoms with van der Waals surface area (Å²) in [7, 11) is -5.08. The lowest BCUT2D eigenvalue weighted by molar-refractivity contribution is -0.254. The van der Waals surface area contributed by atoms with Gasteiger partial charge in [-0.3, -0.25) is 18.9 Å². The Morgan fingerprint density at radius 1 is 0.500 bits per heavy atom. The van der Waals surface area contributed by atoms with Crippen molar-refractivity contribution in [3.8, 4) is 0 Å². The molecule has 1 aliphatic heterocycles. The number of ether oxygens (including phenoxy) is 3. The predicted molar refractivity (Wildman–Crippen MR) is 263 cm³/mol. The van der Waals surface area contributed by atoms with E-state index in [0.717, 1.165) is 103 Å². The molecule has 13 nitrogen and oxygen atoms in total. The zero-order chi connectivity index (χ0) is 48.4. The minimum absolute atomic E-state index is 0.0342. The van der Waals surface area contributed by atoms with Gasteiger partial charge < -0.3 is 29.7 Å². The topological polar surface area (TPSA) is 195 Å². The van der Waals surface area contributed by atoms with E-state index in [9.17, 15) is 37.6 Å². The number of unbranched alkanes of at least 4 members (excludes halogenated alkanes) is 34. The number of hydrogen-bond acceptors (Lipinski definition) is 11. The lowest BCUT2D eigenvalue weighted by atomic mass is 9.96. The molecule has 1 amide bonds. The average Bonchev–Trinajstić information content (AvgIpc) is 3.28. The van der Waals surface area contributed by atoms with E-state index in [1.807, 2.05) is 0 Å². The average molecular weight is 962 g/mol. The zero-order valence-corrected chi connectivity index (χ0v) is 42.8. The second-order valence-electron chi connectivity index (χ2n) is 19.1. The van der Waals surface area contributed by atoms with E-state index in [4.69, 9.17) is 18.4 Å². The summed E-state index contributed by atoms with van der Waals surface area (Å²) in [5.74, 6) is -1.18. The fraction of sp³-hybridized carbons (Fsp3) is 0.942. The maximum atomic E-state index is 13.0. The van der Waals surface area contributed by atoms with Crippen molar-refractivity contribution < 1.29 is 56.0 Å². The van der Waals surface area contributed by atoms with E-state index in [-0.39, 0.29) is 18.8 Å².